The summed E-state index contributed by atoms with van der Waals surface area (Å²) in [6.45, 7) is 2.08. The zero-order chi connectivity index (χ0) is 18.0. The lowest BCUT2D eigenvalue weighted by molar-refractivity contribution is -0.0122. The van der Waals surface area contributed by atoms with E-state index in [4.69, 9.17) is 8.74 Å². The number of rotatable bonds is 2. The molecule has 25 heavy (non-hydrogen) atoms. The minimum Gasteiger partial charge on any atom is -0.504 e. The van der Waals surface area contributed by atoms with Gasteiger partial charge in [-0.3, -0.25) is 4.55 Å². The smallest absolute Gasteiger partial charge is 0.397 e. The van der Waals surface area contributed by atoms with E-state index in [1.54, 1.807) is 12.1 Å². The second-order valence-corrected chi connectivity index (χ2v) is 9.14. The van der Waals surface area contributed by atoms with Gasteiger partial charge in [-0.05, 0) is 85.0 Å². The molecule has 0 saturated heterocycles. The minimum atomic E-state index is -4.45. The Morgan fingerprint density at radius 3 is 2.56 bits per heavy atom. The number of aryl methyl sites for hydroxylation is 1. The van der Waals surface area contributed by atoms with Crippen LogP contribution < -0.4 is 0 Å². The van der Waals surface area contributed by atoms with Crippen LogP contribution in [0.3, 0.4) is 0 Å². The molecule has 3 aliphatic rings. The van der Waals surface area contributed by atoms with Gasteiger partial charge in [-0.25, -0.2) is 4.18 Å². The summed E-state index contributed by atoms with van der Waals surface area (Å²) in [5.74, 6) is 0.914. The molecule has 7 heteroatoms. The average Bonchev–Trinajstić information content (AvgIpc) is 2.83. The molecule has 5 unspecified atom stereocenters. The van der Waals surface area contributed by atoms with Crippen LogP contribution in [0.2, 0.25) is 0 Å². The molecule has 1 aromatic rings. The maximum atomic E-state index is 11.2. The Hall–Kier alpha value is -1.31. The van der Waals surface area contributed by atoms with E-state index >= 15 is 0 Å². The van der Waals surface area contributed by atoms with Crippen LogP contribution >= 0.6 is 0 Å². The highest BCUT2D eigenvalue weighted by molar-refractivity contribution is 7.80. The van der Waals surface area contributed by atoms with Gasteiger partial charge in [0.05, 0.1) is 6.10 Å². The summed E-state index contributed by atoms with van der Waals surface area (Å²) in [7, 11) is -4.45. The molecule has 2 fully saturated rings. The molecular weight excluding hydrogens is 344 g/mol. The Morgan fingerprint density at radius 2 is 1.84 bits per heavy atom. The Kier molecular flexibility index (Phi) is 3.83. The highest BCUT2D eigenvalue weighted by Crippen LogP contribution is 2.62. The molecule has 2 saturated carbocycles. The fourth-order valence-corrected chi connectivity index (χ4v) is 6.46. The zero-order valence-electron chi connectivity index (χ0n) is 14.2. The number of benzene rings is 1. The maximum Gasteiger partial charge on any atom is 0.397 e. The van der Waals surface area contributed by atoms with Crippen LogP contribution in [0.5, 0.6) is 11.5 Å². The first-order valence-electron chi connectivity index (χ1n) is 8.89. The maximum absolute atomic E-state index is 11.2. The largest absolute Gasteiger partial charge is 0.504 e. The number of phenolic OH excluding ortho intramolecular Hbond substituents is 2. The van der Waals surface area contributed by atoms with Crippen molar-refractivity contribution in [3.8, 4) is 11.5 Å². The summed E-state index contributed by atoms with van der Waals surface area (Å²) < 4.78 is 36.5. The van der Waals surface area contributed by atoms with Gasteiger partial charge in [-0.15, -0.1) is 0 Å². The van der Waals surface area contributed by atoms with Crippen molar-refractivity contribution < 1.29 is 27.4 Å². The standard InChI is InChI=1S/C18H24O6S/c1-18-7-6-11-12(14(18)4-5-17(18)24-25(21,22)23)3-2-10-8-15(19)16(20)9-13(10)11/h8-9,11-12,14,17,19-20H,2-7H2,1H3,(H,21,22,23). The SMILES string of the molecule is CC12CCC3c4cc(O)c(O)cc4CCC3C1CCC2OS(=O)(=O)O. The van der Waals surface area contributed by atoms with Crippen LogP contribution in [0.1, 0.15) is 56.1 Å². The first-order chi connectivity index (χ1) is 11.7. The molecule has 0 amide bonds. The predicted molar refractivity (Wildman–Crippen MR) is 90.8 cm³/mol. The van der Waals surface area contributed by atoms with Crippen molar-refractivity contribution in [3.05, 3.63) is 23.3 Å². The van der Waals surface area contributed by atoms with Gasteiger partial charge in [0.25, 0.3) is 0 Å². The number of phenols is 2. The van der Waals surface area contributed by atoms with Crippen molar-refractivity contribution in [2.45, 2.75) is 57.5 Å². The lowest BCUT2D eigenvalue weighted by atomic mass is 9.55. The molecule has 3 N–H and O–H groups in total. The Balaban J connectivity index is 1.65. The van der Waals surface area contributed by atoms with Crippen molar-refractivity contribution in [2.24, 2.45) is 17.3 Å². The molecule has 1 aromatic carbocycles. The van der Waals surface area contributed by atoms with Crippen molar-refractivity contribution in [1.29, 1.82) is 0 Å². The Labute approximate surface area is 147 Å². The number of hydrogen-bond donors (Lipinski definition) is 3. The fraction of sp³-hybridized carbons (Fsp3) is 0.667. The van der Waals surface area contributed by atoms with Crippen LogP contribution in [0.25, 0.3) is 0 Å². The fourth-order valence-electron chi connectivity index (χ4n) is 5.85. The molecule has 0 heterocycles. The summed E-state index contributed by atoms with van der Waals surface area (Å²) in [6, 6.07) is 3.37. The van der Waals surface area contributed by atoms with E-state index in [9.17, 15) is 18.6 Å². The predicted octanol–water partition coefficient (Wildman–Crippen LogP) is 3.14. The van der Waals surface area contributed by atoms with E-state index in [2.05, 4.69) is 6.92 Å². The average molecular weight is 368 g/mol. The monoisotopic (exact) mass is 368 g/mol. The summed E-state index contributed by atoms with van der Waals surface area (Å²) in [6.07, 6.45) is 4.60. The van der Waals surface area contributed by atoms with Crippen molar-refractivity contribution in [3.63, 3.8) is 0 Å². The van der Waals surface area contributed by atoms with Crippen LogP contribution in [-0.2, 0) is 21.0 Å². The second kappa shape index (κ2) is 5.59. The van der Waals surface area contributed by atoms with Crippen LogP contribution in [0.15, 0.2) is 12.1 Å². The molecule has 0 aliphatic heterocycles. The molecule has 0 bridgehead atoms. The zero-order valence-corrected chi connectivity index (χ0v) is 15.0. The molecule has 4 rings (SSSR count). The first-order valence-corrected chi connectivity index (χ1v) is 10.3. The van der Waals surface area contributed by atoms with E-state index in [-0.39, 0.29) is 16.9 Å². The van der Waals surface area contributed by atoms with Gasteiger partial charge in [0.2, 0.25) is 0 Å². The molecule has 5 atom stereocenters. The van der Waals surface area contributed by atoms with Gasteiger partial charge < -0.3 is 10.2 Å². The van der Waals surface area contributed by atoms with E-state index in [1.165, 1.54) is 0 Å². The lowest BCUT2D eigenvalue weighted by Gasteiger charge is -2.50. The highest BCUT2D eigenvalue weighted by Gasteiger charge is 2.56. The van der Waals surface area contributed by atoms with Gasteiger partial charge in [-0.2, -0.15) is 8.42 Å². The second-order valence-electron chi connectivity index (χ2n) is 8.09. The normalized spacial score (nSPS) is 37.2. The van der Waals surface area contributed by atoms with Gasteiger partial charge in [-0.1, -0.05) is 6.92 Å². The molecule has 0 aromatic heterocycles. The summed E-state index contributed by atoms with van der Waals surface area (Å²) in [5, 5.41) is 19.7. The van der Waals surface area contributed by atoms with Crippen LogP contribution in [0, 0.1) is 17.3 Å². The molecular formula is C18H24O6S. The van der Waals surface area contributed by atoms with Crippen LogP contribution in [-0.4, -0.2) is 29.3 Å². The van der Waals surface area contributed by atoms with E-state index in [0.717, 1.165) is 43.2 Å². The molecule has 0 spiro atoms. The van der Waals surface area contributed by atoms with Gasteiger partial charge in [0, 0.05) is 0 Å². The first kappa shape index (κ1) is 17.1. The third-order valence-electron chi connectivity index (χ3n) is 6.97. The van der Waals surface area contributed by atoms with Crippen molar-refractivity contribution in [1.82, 2.24) is 0 Å². The number of aromatic hydroxyl groups is 2. The molecule has 138 valence electrons. The summed E-state index contributed by atoms with van der Waals surface area (Å²) in [4.78, 5) is 0. The summed E-state index contributed by atoms with van der Waals surface area (Å²) >= 11 is 0. The third-order valence-corrected chi connectivity index (χ3v) is 7.45. The highest BCUT2D eigenvalue weighted by atomic mass is 32.3. The van der Waals surface area contributed by atoms with Gasteiger partial charge >= 0.3 is 10.4 Å². The van der Waals surface area contributed by atoms with Crippen molar-refractivity contribution in [2.75, 3.05) is 0 Å². The number of hydrogen-bond acceptors (Lipinski definition) is 5. The van der Waals surface area contributed by atoms with E-state index in [1.807, 2.05) is 0 Å². The lowest BCUT2D eigenvalue weighted by Crippen LogP contribution is -2.45. The number of fused-ring (bicyclic) bond motifs is 5. The van der Waals surface area contributed by atoms with Crippen LogP contribution in [0.4, 0.5) is 0 Å². The topological polar surface area (TPSA) is 104 Å². The molecule has 6 nitrogen and oxygen atoms in total. The molecule has 0 radical (unpaired) electrons. The van der Waals surface area contributed by atoms with Gasteiger partial charge in [0.15, 0.2) is 11.5 Å². The van der Waals surface area contributed by atoms with Crippen molar-refractivity contribution >= 4 is 10.4 Å². The van der Waals surface area contributed by atoms with Gasteiger partial charge in [0.1, 0.15) is 0 Å². The quantitative estimate of drug-likeness (QED) is 0.547. The summed E-state index contributed by atoms with van der Waals surface area (Å²) in [5.41, 5.74) is 1.96. The van der Waals surface area contributed by atoms with E-state index in [0.29, 0.717) is 24.2 Å². The minimum absolute atomic E-state index is 0.0691. The molecule has 3 aliphatic carbocycles. The Bertz CT molecular complexity index is 804. The van der Waals surface area contributed by atoms with E-state index < -0.39 is 16.5 Å². The third kappa shape index (κ3) is 2.73. The Morgan fingerprint density at radius 1 is 1.12 bits per heavy atom.